The van der Waals surface area contributed by atoms with Crippen LogP contribution in [0.1, 0.15) is 16.1 Å². The SMILES string of the molecule is Cn1cc(CCNC(=O)c2cc(Br)cn2C)cn1. The topological polar surface area (TPSA) is 51.9 Å². The Morgan fingerprint density at radius 1 is 1.44 bits per heavy atom. The van der Waals surface area contributed by atoms with Crippen molar-refractivity contribution in [3.63, 3.8) is 0 Å². The van der Waals surface area contributed by atoms with E-state index in [1.807, 2.05) is 32.7 Å². The zero-order valence-corrected chi connectivity index (χ0v) is 11.9. The molecule has 5 nitrogen and oxygen atoms in total. The number of aryl methyl sites for hydroxylation is 2. The molecular weight excluding hydrogens is 296 g/mol. The minimum Gasteiger partial charge on any atom is -0.350 e. The van der Waals surface area contributed by atoms with Crippen LogP contribution >= 0.6 is 15.9 Å². The summed E-state index contributed by atoms with van der Waals surface area (Å²) in [7, 11) is 3.73. The molecule has 2 rings (SSSR count). The molecule has 1 N–H and O–H groups in total. The van der Waals surface area contributed by atoms with Gasteiger partial charge in [-0.05, 0) is 34.0 Å². The first-order valence-corrected chi connectivity index (χ1v) is 6.43. The summed E-state index contributed by atoms with van der Waals surface area (Å²) in [5.74, 6) is -0.0629. The van der Waals surface area contributed by atoms with Crippen molar-refractivity contribution in [1.82, 2.24) is 19.7 Å². The number of rotatable bonds is 4. The lowest BCUT2D eigenvalue weighted by atomic mass is 10.2. The molecule has 2 aromatic rings. The van der Waals surface area contributed by atoms with Crippen LogP contribution < -0.4 is 5.32 Å². The van der Waals surface area contributed by atoms with Gasteiger partial charge in [-0.25, -0.2) is 0 Å². The van der Waals surface area contributed by atoms with Crippen molar-refractivity contribution in [3.8, 4) is 0 Å². The highest BCUT2D eigenvalue weighted by Crippen LogP contribution is 2.13. The molecule has 0 atom stereocenters. The number of nitrogens with one attached hydrogen (secondary N) is 1. The molecule has 0 bridgehead atoms. The Balaban J connectivity index is 1.87. The van der Waals surface area contributed by atoms with E-state index in [9.17, 15) is 4.79 Å². The third-order valence-corrected chi connectivity index (χ3v) is 3.10. The largest absolute Gasteiger partial charge is 0.350 e. The number of hydrogen-bond acceptors (Lipinski definition) is 2. The monoisotopic (exact) mass is 310 g/mol. The maximum atomic E-state index is 11.9. The lowest BCUT2D eigenvalue weighted by Crippen LogP contribution is -2.27. The van der Waals surface area contributed by atoms with Crippen LogP contribution in [-0.4, -0.2) is 26.8 Å². The smallest absolute Gasteiger partial charge is 0.267 e. The van der Waals surface area contributed by atoms with Crippen LogP contribution in [0.5, 0.6) is 0 Å². The Labute approximate surface area is 114 Å². The van der Waals surface area contributed by atoms with Crippen molar-refractivity contribution >= 4 is 21.8 Å². The van der Waals surface area contributed by atoms with Crippen molar-refractivity contribution < 1.29 is 4.79 Å². The molecule has 0 unspecified atom stereocenters. The second-order valence-electron chi connectivity index (χ2n) is 4.18. The van der Waals surface area contributed by atoms with Gasteiger partial charge in [0.2, 0.25) is 0 Å². The molecule has 0 aliphatic rings. The summed E-state index contributed by atoms with van der Waals surface area (Å²) < 4.78 is 4.46. The number of aromatic nitrogens is 3. The summed E-state index contributed by atoms with van der Waals surface area (Å²) in [4.78, 5) is 11.9. The first-order valence-electron chi connectivity index (χ1n) is 5.64. The molecule has 0 aliphatic heterocycles. The predicted octanol–water partition coefficient (Wildman–Crippen LogP) is 1.49. The first kappa shape index (κ1) is 12.9. The predicted molar refractivity (Wildman–Crippen MR) is 72.4 cm³/mol. The van der Waals surface area contributed by atoms with Gasteiger partial charge in [0, 0.05) is 37.5 Å². The number of amides is 1. The zero-order valence-electron chi connectivity index (χ0n) is 10.4. The van der Waals surface area contributed by atoms with Gasteiger partial charge in [-0.2, -0.15) is 5.10 Å². The molecule has 18 heavy (non-hydrogen) atoms. The van der Waals surface area contributed by atoms with Crippen molar-refractivity contribution in [1.29, 1.82) is 0 Å². The summed E-state index contributed by atoms with van der Waals surface area (Å²) in [5.41, 5.74) is 1.76. The molecule has 0 spiro atoms. The van der Waals surface area contributed by atoms with E-state index in [2.05, 4.69) is 26.3 Å². The number of nitrogens with zero attached hydrogens (tertiary/aromatic N) is 3. The average Bonchev–Trinajstić information content (AvgIpc) is 2.85. The van der Waals surface area contributed by atoms with E-state index in [4.69, 9.17) is 0 Å². The molecule has 6 heteroatoms. The fourth-order valence-electron chi connectivity index (χ4n) is 1.76. The van der Waals surface area contributed by atoms with Gasteiger partial charge in [-0.3, -0.25) is 9.48 Å². The summed E-state index contributed by atoms with van der Waals surface area (Å²) in [6.07, 6.45) is 6.40. The molecule has 1 amide bonds. The second-order valence-corrected chi connectivity index (χ2v) is 5.10. The number of carbonyl (C=O) groups is 1. The van der Waals surface area contributed by atoms with Gasteiger partial charge in [-0.15, -0.1) is 0 Å². The third-order valence-electron chi connectivity index (χ3n) is 2.66. The maximum absolute atomic E-state index is 11.9. The quantitative estimate of drug-likeness (QED) is 0.930. The van der Waals surface area contributed by atoms with E-state index >= 15 is 0 Å². The number of carbonyl (C=O) groups excluding carboxylic acids is 1. The van der Waals surface area contributed by atoms with Crippen LogP contribution in [0.4, 0.5) is 0 Å². The first-order chi connectivity index (χ1) is 8.56. The summed E-state index contributed by atoms with van der Waals surface area (Å²) in [5, 5.41) is 6.98. The van der Waals surface area contributed by atoms with Crippen molar-refractivity contribution in [3.05, 3.63) is 40.4 Å². The highest BCUT2D eigenvalue weighted by atomic mass is 79.9. The van der Waals surface area contributed by atoms with Gasteiger partial charge in [0.05, 0.1) is 6.20 Å². The fraction of sp³-hybridized carbons (Fsp3) is 0.333. The van der Waals surface area contributed by atoms with Gasteiger partial charge < -0.3 is 9.88 Å². The van der Waals surface area contributed by atoms with Gasteiger partial charge >= 0.3 is 0 Å². The van der Waals surface area contributed by atoms with Crippen molar-refractivity contribution in [2.45, 2.75) is 6.42 Å². The van der Waals surface area contributed by atoms with Gasteiger partial charge in [-0.1, -0.05) is 0 Å². The Kier molecular flexibility index (Phi) is 3.86. The van der Waals surface area contributed by atoms with Gasteiger partial charge in [0.1, 0.15) is 5.69 Å². The lowest BCUT2D eigenvalue weighted by molar-refractivity contribution is 0.0946. The summed E-state index contributed by atoms with van der Waals surface area (Å²) >= 11 is 3.35. The molecule has 2 heterocycles. The molecule has 96 valence electrons. The normalized spacial score (nSPS) is 10.6. The lowest BCUT2D eigenvalue weighted by Gasteiger charge is -2.04. The molecule has 0 aromatic carbocycles. The van der Waals surface area contributed by atoms with Gasteiger partial charge in [0.25, 0.3) is 5.91 Å². The third kappa shape index (κ3) is 3.01. The standard InChI is InChI=1S/C12H15BrN4O/c1-16-8-10(13)5-11(16)12(18)14-4-3-9-6-15-17(2)7-9/h5-8H,3-4H2,1-2H3,(H,14,18). The van der Waals surface area contributed by atoms with Crippen LogP contribution in [-0.2, 0) is 20.5 Å². The van der Waals surface area contributed by atoms with Crippen molar-refractivity contribution in [2.75, 3.05) is 6.54 Å². The zero-order chi connectivity index (χ0) is 13.1. The molecule has 0 aliphatic carbocycles. The molecule has 0 radical (unpaired) electrons. The Morgan fingerprint density at radius 2 is 2.22 bits per heavy atom. The van der Waals surface area contributed by atoms with E-state index in [1.54, 1.807) is 15.3 Å². The Hall–Kier alpha value is -1.56. The van der Waals surface area contributed by atoms with Crippen LogP contribution in [0.15, 0.2) is 29.1 Å². The molecule has 0 fully saturated rings. The fourth-order valence-corrected chi connectivity index (χ4v) is 2.29. The van der Waals surface area contributed by atoms with Crippen molar-refractivity contribution in [2.24, 2.45) is 14.1 Å². The number of halogens is 1. The Bertz CT molecular complexity index is 558. The van der Waals surface area contributed by atoms with E-state index in [-0.39, 0.29) is 5.91 Å². The molecule has 2 aromatic heterocycles. The van der Waals surface area contributed by atoms with Crippen LogP contribution in [0.25, 0.3) is 0 Å². The van der Waals surface area contributed by atoms with Crippen LogP contribution in [0, 0.1) is 0 Å². The average molecular weight is 311 g/mol. The minimum absolute atomic E-state index is 0.0629. The van der Waals surface area contributed by atoms with E-state index < -0.39 is 0 Å². The number of hydrogen-bond donors (Lipinski definition) is 1. The van der Waals surface area contributed by atoms with Crippen LogP contribution in [0.2, 0.25) is 0 Å². The highest BCUT2D eigenvalue weighted by molar-refractivity contribution is 9.10. The van der Waals surface area contributed by atoms with Crippen LogP contribution in [0.3, 0.4) is 0 Å². The minimum atomic E-state index is -0.0629. The maximum Gasteiger partial charge on any atom is 0.267 e. The van der Waals surface area contributed by atoms with E-state index in [0.29, 0.717) is 12.2 Å². The highest BCUT2D eigenvalue weighted by Gasteiger charge is 2.10. The van der Waals surface area contributed by atoms with E-state index in [1.165, 1.54) is 0 Å². The molecular formula is C12H15BrN4O. The second kappa shape index (κ2) is 5.39. The van der Waals surface area contributed by atoms with E-state index in [0.717, 1.165) is 16.5 Å². The Morgan fingerprint density at radius 3 is 2.78 bits per heavy atom. The molecule has 0 saturated carbocycles. The molecule has 0 saturated heterocycles. The van der Waals surface area contributed by atoms with Gasteiger partial charge in [0.15, 0.2) is 0 Å². The summed E-state index contributed by atoms with van der Waals surface area (Å²) in [6.45, 7) is 0.604. The summed E-state index contributed by atoms with van der Waals surface area (Å²) in [6, 6.07) is 1.80.